The number of halogens is 1. The zero-order chi connectivity index (χ0) is 13.3. The summed E-state index contributed by atoms with van der Waals surface area (Å²) in [7, 11) is 0. The third-order valence-electron chi connectivity index (χ3n) is 2.99. The fraction of sp³-hybridized carbons (Fsp3) is 0.231. The van der Waals surface area contributed by atoms with Crippen LogP contribution in [-0.4, -0.2) is 20.9 Å². The minimum Gasteiger partial charge on any atom is -0.479 e. The van der Waals surface area contributed by atoms with Gasteiger partial charge in [-0.2, -0.15) is 5.10 Å². The molecule has 0 aliphatic heterocycles. The summed E-state index contributed by atoms with van der Waals surface area (Å²) in [4.78, 5) is 11.6. The van der Waals surface area contributed by atoms with Gasteiger partial charge in [0.2, 0.25) is 0 Å². The average molecular weight is 248 g/mol. The van der Waals surface area contributed by atoms with E-state index in [2.05, 4.69) is 5.10 Å². The maximum absolute atomic E-state index is 12.9. The Labute approximate surface area is 104 Å². The van der Waals surface area contributed by atoms with Gasteiger partial charge >= 0.3 is 5.97 Å². The second-order valence-corrected chi connectivity index (χ2v) is 4.35. The number of benzene rings is 1. The van der Waals surface area contributed by atoms with Crippen molar-refractivity contribution in [2.24, 2.45) is 0 Å². The van der Waals surface area contributed by atoms with Gasteiger partial charge in [0.25, 0.3) is 0 Å². The molecule has 0 fully saturated rings. The highest BCUT2D eigenvalue weighted by Crippen LogP contribution is 2.26. The van der Waals surface area contributed by atoms with Crippen molar-refractivity contribution in [3.8, 4) is 0 Å². The molecule has 2 aromatic rings. The van der Waals surface area contributed by atoms with Gasteiger partial charge in [-0.3, -0.25) is 4.68 Å². The number of carboxylic acids is 1. The summed E-state index contributed by atoms with van der Waals surface area (Å²) in [5, 5.41) is 13.5. The van der Waals surface area contributed by atoms with Crippen LogP contribution in [0.15, 0.2) is 36.7 Å². The molecule has 0 aliphatic carbocycles. The molecule has 1 aromatic carbocycles. The third kappa shape index (κ3) is 1.88. The van der Waals surface area contributed by atoms with Gasteiger partial charge in [-0.15, -0.1) is 0 Å². The van der Waals surface area contributed by atoms with Crippen LogP contribution in [0.1, 0.15) is 18.1 Å². The molecule has 0 saturated carbocycles. The van der Waals surface area contributed by atoms with E-state index in [0.717, 1.165) is 5.56 Å². The number of aryl methyl sites for hydroxylation is 1. The number of rotatable bonds is 3. The summed E-state index contributed by atoms with van der Waals surface area (Å²) in [6.45, 7) is 3.37. The zero-order valence-electron chi connectivity index (χ0n) is 10.1. The van der Waals surface area contributed by atoms with Gasteiger partial charge in [0.15, 0.2) is 5.54 Å². The minimum absolute atomic E-state index is 0.400. The van der Waals surface area contributed by atoms with E-state index in [1.807, 2.05) is 6.92 Å². The summed E-state index contributed by atoms with van der Waals surface area (Å²) < 4.78 is 14.3. The van der Waals surface area contributed by atoms with Crippen LogP contribution in [-0.2, 0) is 10.3 Å². The van der Waals surface area contributed by atoms with Gasteiger partial charge in [-0.05, 0) is 37.1 Å². The predicted molar refractivity (Wildman–Crippen MR) is 63.7 cm³/mol. The lowest BCUT2D eigenvalue weighted by Crippen LogP contribution is -2.40. The molecule has 0 aliphatic rings. The van der Waals surface area contributed by atoms with Crippen LogP contribution in [0.4, 0.5) is 4.39 Å². The van der Waals surface area contributed by atoms with Gasteiger partial charge < -0.3 is 5.11 Å². The standard InChI is InChI=1S/C13H13FN2O2/c1-9-7-15-16(8-9)13(2,12(17)18)10-3-5-11(14)6-4-10/h3-8H,1-2H3,(H,17,18). The van der Waals surface area contributed by atoms with E-state index in [0.29, 0.717) is 5.56 Å². The lowest BCUT2D eigenvalue weighted by Gasteiger charge is -2.26. The molecular formula is C13H13FN2O2. The van der Waals surface area contributed by atoms with E-state index in [1.165, 1.54) is 35.9 Å². The van der Waals surface area contributed by atoms with Crippen molar-refractivity contribution in [3.05, 3.63) is 53.6 Å². The number of aliphatic carboxylic acids is 1. The van der Waals surface area contributed by atoms with E-state index in [4.69, 9.17) is 0 Å². The first kappa shape index (κ1) is 12.3. The smallest absolute Gasteiger partial charge is 0.336 e. The van der Waals surface area contributed by atoms with Crippen LogP contribution in [0.25, 0.3) is 0 Å². The van der Waals surface area contributed by atoms with E-state index in [1.54, 1.807) is 12.4 Å². The molecule has 1 atom stereocenters. The van der Waals surface area contributed by atoms with Crippen molar-refractivity contribution < 1.29 is 14.3 Å². The summed E-state index contributed by atoms with van der Waals surface area (Å²) in [6.07, 6.45) is 3.24. The maximum Gasteiger partial charge on any atom is 0.336 e. The highest BCUT2D eigenvalue weighted by molar-refractivity contribution is 5.80. The first-order chi connectivity index (χ1) is 8.44. The first-order valence-electron chi connectivity index (χ1n) is 5.46. The Balaban J connectivity index is 2.57. The fourth-order valence-electron chi connectivity index (χ4n) is 1.79. The number of aromatic nitrogens is 2. The number of nitrogens with zero attached hydrogens (tertiary/aromatic N) is 2. The molecule has 0 saturated heterocycles. The maximum atomic E-state index is 12.9. The topological polar surface area (TPSA) is 55.1 Å². The van der Waals surface area contributed by atoms with Crippen LogP contribution in [0.2, 0.25) is 0 Å². The van der Waals surface area contributed by atoms with Crippen molar-refractivity contribution >= 4 is 5.97 Å². The molecule has 0 bridgehead atoms. The Hall–Kier alpha value is -2.17. The van der Waals surface area contributed by atoms with Crippen molar-refractivity contribution in [1.29, 1.82) is 0 Å². The first-order valence-corrected chi connectivity index (χ1v) is 5.46. The quantitative estimate of drug-likeness (QED) is 0.905. The van der Waals surface area contributed by atoms with Gasteiger partial charge in [-0.1, -0.05) is 12.1 Å². The van der Waals surface area contributed by atoms with Crippen molar-refractivity contribution in [2.75, 3.05) is 0 Å². The van der Waals surface area contributed by atoms with E-state index in [9.17, 15) is 14.3 Å². The highest BCUT2D eigenvalue weighted by atomic mass is 19.1. The predicted octanol–water partition coefficient (Wildman–Crippen LogP) is 2.18. The Morgan fingerprint density at radius 1 is 1.39 bits per heavy atom. The van der Waals surface area contributed by atoms with Gasteiger partial charge in [-0.25, -0.2) is 9.18 Å². The van der Waals surface area contributed by atoms with Gasteiger partial charge in [0.1, 0.15) is 5.82 Å². The fourth-order valence-corrected chi connectivity index (χ4v) is 1.79. The number of carbonyl (C=O) groups is 1. The molecule has 1 heterocycles. The molecule has 0 radical (unpaired) electrons. The SMILES string of the molecule is Cc1cnn(C(C)(C(=O)O)c2ccc(F)cc2)c1. The van der Waals surface area contributed by atoms with E-state index >= 15 is 0 Å². The van der Waals surface area contributed by atoms with Crippen LogP contribution in [0.3, 0.4) is 0 Å². The molecule has 1 unspecified atom stereocenters. The molecule has 1 aromatic heterocycles. The van der Waals surface area contributed by atoms with Crippen LogP contribution < -0.4 is 0 Å². The number of carboxylic acid groups (broad SMARTS) is 1. The molecule has 2 rings (SSSR count). The minimum atomic E-state index is -1.35. The summed E-state index contributed by atoms with van der Waals surface area (Å²) in [6, 6.07) is 5.40. The Morgan fingerprint density at radius 3 is 2.44 bits per heavy atom. The van der Waals surface area contributed by atoms with Crippen LogP contribution >= 0.6 is 0 Å². The van der Waals surface area contributed by atoms with Gasteiger partial charge in [0.05, 0.1) is 6.20 Å². The lowest BCUT2D eigenvalue weighted by molar-refractivity contribution is -0.144. The third-order valence-corrected chi connectivity index (χ3v) is 2.99. The molecular weight excluding hydrogens is 235 g/mol. The van der Waals surface area contributed by atoms with Crippen LogP contribution in [0, 0.1) is 12.7 Å². The largest absolute Gasteiger partial charge is 0.479 e. The molecule has 18 heavy (non-hydrogen) atoms. The van der Waals surface area contributed by atoms with Crippen molar-refractivity contribution in [3.63, 3.8) is 0 Å². The van der Waals surface area contributed by atoms with E-state index in [-0.39, 0.29) is 0 Å². The molecule has 5 heteroatoms. The van der Waals surface area contributed by atoms with E-state index < -0.39 is 17.3 Å². The van der Waals surface area contributed by atoms with Gasteiger partial charge in [0, 0.05) is 6.20 Å². The molecule has 94 valence electrons. The lowest BCUT2D eigenvalue weighted by atomic mass is 9.92. The number of hydrogen-bond donors (Lipinski definition) is 1. The number of hydrogen-bond acceptors (Lipinski definition) is 2. The van der Waals surface area contributed by atoms with Crippen molar-refractivity contribution in [1.82, 2.24) is 9.78 Å². The Kier molecular flexibility index (Phi) is 2.90. The summed E-state index contributed by atoms with van der Waals surface area (Å²) in [5.74, 6) is -1.44. The normalized spacial score (nSPS) is 14.2. The highest BCUT2D eigenvalue weighted by Gasteiger charge is 2.38. The van der Waals surface area contributed by atoms with Crippen molar-refractivity contribution in [2.45, 2.75) is 19.4 Å². The Bertz CT molecular complexity index is 577. The molecule has 0 amide bonds. The summed E-state index contributed by atoms with van der Waals surface area (Å²) in [5.41, 5.74) is -0.00816. The summed E-state index contributed by atoms with van der Waals surface area (Å²) >= 11 is 0. The zero-order valence-corrected chi connectivity index (χ0v) is 10.1. The second kappa shape index (κ2) is 4.25. The molecule has 0 spiro atoms. The monoisotopic (exact) mass is 248 g/mol. The molecule has 1 N–H and O–H groups in total. The Morgan fingerprint density at radius 2 is 2.00 bits per heavy atom. The molecule has 4 nitrogen and oxygen atoms in total. The average Bonchev–Trinajstić information content (AvgIpc) is 2.76. The second-order valence-electron chi connectivity index (χ2n) is 4.35. The van der Waals surface area contributed by atoms with Crippen LogP contribution in [0.5, 0.6) is 0 Å².